The highest BCUT2D eigenvalue weighted by Crippen LogP contribution is 2.40. The van der Waals surface area contributed by atoms with Crippen LogP contribution in [0.4, 0.5) is 13.2 Å². The molecule has 1 aromatic rings. The second-order valence-corrected chi connectivity index (χ2v) is 3.97. The summed E-state index contributed by atoms with van der Waals surface area (Å²) in [5.74, 6) is 0.103. The largest absolute Gasteiger partial charge is 0.496 e. The fourth-order valence-corrected chi connectivity index (χ4v) is 1.75. The van der Waals surface area contributed by atoms with Crippen LogP contribution in [0.25, 0.3) is 0 Å². The fraction of sp³-hybridized carbons (Fsp3) is 0.538. The number of aryl methyl sites for hydroxylation is 1. The summed E-state index contributed by atoms with van der Waals surface area (Å²) in [6, 6.07) is 2.42. The third-order valence-electron chi connectivity index (χ3n) is 2.71. The van der Waals surface area contributed by atoms with Crippen molar-refractivity contribution in [2.75, 3.05) is 14.2 Å². The molecule has 0 heterocycles. The van der Waals surface area contributed by atoms with Gasteiger partial charge < -0.3 is 9.47 Å². The summed E-state index contributed by atoms with van der Waals surface area (Å²) in [5, 5.41) is 0. The molecule has 2 nitrogen and oxygen atoms in total. The highest BCUT2D eigenvalue weighted by Gasteiger charge is 2.35. The Kier molecular flexibility index (Phi) is 4.87. The summed E-state index contributed by atoms with van der Waals surface area (Å²) in [6.07, 6.45) is -1.91. The van der Waals surface area contributed by atoms with Crippen molar-refractivity contribution >= 4 is 0 Å². The average Bonchev–Trinajstić information content (AvgIpc) is 2.33. The summed E-state index contributed by atoms with van der Waals surface area (Å²) < 4.78 is 48.2. The Morgan fingerprint density at radius 1 is 1.06 bits per heavy atom. The van der Waals surface area contributed by atoms with Crippen molar-refractivity contribution in [3.05, 3.63) is 23.3 Å². The van der Waals surface area contributed by atoms with E-state index in [1.54, 1.807) is 0 Å². The number of hydrogen-bond donors (Lipinski definition) is 0. The van der Waals surface area contributed by atoms with E-state index < -0.39 is 11.7 Å². The minimum atomic E-state index is -4.44. The molecule has 0 atom stereocenters. The van der Waals surface area contributed by atoms with Crippen molar-refractivity contribution in [2.24, 2.45) is 0 Å². The summed E-state index contributed by atoms with van der Waals surface area (Å²) in [7, 11) is 2.61. The zero-order chi connectivity index (χ0) is 13.8. The van der Waals surface area contributed by atoms with Crippen molar-refractivity contribution < 1.29 is 22.6 Å². The van der Waals surface area contributed by atoms with Gasteiger partial charge in [-0.25, -0.2) is 0 Å². The van der Waals surface area contributed by atoms with Crippen LogP contribution < -0.4 is 9.47 Å². The first-order valence-electron chi connectivity index (χ1n) is 5.76. The Morgan fingerprint density at radius 2 is 1.67 bits per heavy atom. The molecule has 0 amide bonds. The third kappa shape index (κ3) is 3.31. The summed E-state index contributed by atoms with van der Waals surface area (Å²) in [5.41, 5.74) is -0.0636. The lowest BCUT2D eigenvalue weighted by molar-refractivity contribution is -0.138. The number of alkyl halides is 3. The standard InChI is InChI=1S/C13H17F3O2/c1-4-5-6-9-7-12(18-3)10(13(14,15)16)8-11(9)17-2/h7-8H,4-6H2,1-3H3. The Balaban J connectivity index is 3.23. The van der Waals surface area contributed by atoms with E-state index in [0.29, 0.717) is 6.42 Å². The predicted molar refractivity (Wildman–Crippen MR) is 63.2 cm³/mol. The van der Waals surface area contributed by atoms with E-state index in [1.165, 1.54) is 20.3 Å². The van der Waals surface area contributed by atoms with Gasteiger partial charge in [0.2, 0.25) is 0 Å². The normalized spacial score (nSPS) is 11.4. The molecule has 0 aliphatic rings. The van der Waals surface area contributed by atoms with Gasteiger partial charge in [-0.05, 0) is 30.5 Å². The first-order chi connectivity index (χ1) is 8.43. The molecule has 0 aliphatic carbocycles. The van der Waals surface area contributed by atoms with Crippen molar-refractivity contribution in [3.8, 4) is 11.5 Å². The second-order valence-electron chi connectivity index (χ2n) is 3.97. The average molecular weight is 262 g/mol. The maximum atomic E-state index is 12.8. The number of halogens is 3. The van der Waals surface area contributed by atoms with Gasteiger partial charge in [0.15, 0.2) is 0 Å². The minimum Gasteiger partial charge on any atom is -0.496 e. The zero-order valence-electron chi connectivity index (χ0n) is 10.7. The maximum Gasteiger partial charge on any atom is 0.420 e. The van der Waals surface area contributed by atoms with Crippen LogP contribution in [0.5, 0.6) is 11.5 Å². The van der Waals surface area contributed by atoms with E-state index in [-0.39, 0.29) is 11.5 Å². The predicted octanol–water partition coefficient (Wildman–Crippen LogP) is 4.07. The Labute approximate surface area is 105 Å². The number of benzene rings is 1. The van der Waals surface area contributed by atoms with Gasteiger partial charge in [0, 0.05) is 0 Å². The lowest BCUT2D eigenvalue weighted by Gasteiger charge is -2.16. The molecule has 0 unspecified atom stereocenters. The molecule has 0 spiro atoms. The van der Waals surface area contributed by atoms with E-state index in [1.807, 2.05) is 6.92 Å². The lowest BCUT2D eigenvalue weighted by Crippen LogP contribution is -2.09. The lowest BCUT2D eigenvalue weighted by atomic mass is 10.0. The van der Waals surface area contributed by atoms with Gasteiger partial charge in [0.05, 0.1) is 14.2 Å². The molecule has 0 fully saturated rings. The van der Waals surface area contributed by atoms with Crippen LogP contribution in [0.2, 0.25) is 0 Å². The molecule has 0 N–H and O–H groups in total. The van der Waals surface area contributed by atoms with Crippen LogP contribution in [0.1, 0.15) is 30.9 Å². The van der Waals surface area contributed by atoms with Crippen LogP contribution in [-0.4, -0.2) is 14.2 Å². The van der Waals surface area contributed by atoms with Crippen molar-refractivity contribution in [1.29, 1.82) is 0 Å². The van der Waals surface area contributed by atoms with Crippen molar-refractivity contribution in [2.45, 2.75) is 32.4 Å². The topological polar surface area (TPSA) is 18.5 Å². The molecule has 0 saturated carbocycles. The van der Waals surface area contributed by atoms with Gasteiger partial charge in [-0.3, -0.25) is 0 Å². The molecule has 0 bridgehead atoms. The molecule has 0 aromatic heterocycles. The number of methoxy groups -OCH3 is 2. The molecule has 1 rings (SSSR count). The minimum absolute atomic E-state index is 0.158. The van der Waals surface area contributed by atoms with Crippen LogP contribution in [-0.2, 0) is 12.6 Å². The van der Waals surface area contributed by atoms with Crippen molar-refractivity contribution in [3.63, 3.8) is 0 Å². The zero-order valence-corrected chi connectivity index (χ0v) is 10.7. The SMILES string of the molecule is CCCCc1cc(OC)c(C(F)(F)F)cc1OC. The quantitative estimate of drug-likeness (QED) is 0.796. The number of unbranched alkanes of at least 4 members (excludes halogenated alkanes) is 1. The van der Waals surface area contributed by atoms with Crippen LogP contribution in [0, 0.1) is 0 Å². The van der Waals surface area contributed by atoms with Gasteiger partial charge in [-0.1, -0.05) is 13.3 Å². The molecule has 1 aromatic carbocycles. The van der Waals surface area contributed by atoms with Gasteiger partial charge in [-0.2, -0.15) is 13.2 Å². The molecule has 5 heteroatoms. The van der Waals surface area contributed by atoms with Gasteiger partial charge in [0.1, 0.15) is 17.1 Å². The van der Waals surface area contributed by atoms with Gasteiger partial charge in [-0.15, -0.1) is 0 Å². The van der Waals surface area contributed by atoms with Gasteiger partial charge >= 0.3 is 6.18 Å². The van der Waals surface area contributed by atoms with E-state index in [4.69, 9.17) is 9.47 Å². The van der Waals surface area contributed by atoms with Crippen LogP contribution in [0.3, 0.4) is 0 Å². The monoisotopic (exact) mass is 262 g/mol. The molecular weight excluding hydrogens is 245 g/mol. The number of hydrogen-bond acceptors (Lipinski definition) is 2. The Hall–Kier alpha value is -1.39. The van der Waals surface area contributed by atoms with Gasteiger partial charge in [0.25, 0.3) is 0 Å². The molecule has 0 radical (unpaired) electrons. The summed E-state index contributed by atoms with van der Waals surface area (Å²) in [6.45, 7) is 2.02. The summed E-state index contributed by atoms with van der Waals surface area (Å²) in [4.78, 5) is 0. The molecule has 18 heavy (non-hydrogen) atoms. The van der Waals surface area contributed by atoms with Crippen LogP contribution >= 0.6 is 0 Å². The Morgan fingerprint density at radius 3 is 2.11 bits per heavy atom. The Bertz CT molecular complexity index is 400. The second kappa shape index (κ2) is 5.98. The highest BCUT2D eigenvalue weighted by molar-refractivity contribution is 5.48. The molecule has 0 aliphatic heterocycles. The summed E-state index contributed by atoms with van der Waals surface area (Å²) >= 11 is 0. The number of rotatable bonds is 5. The molecule has 102 valence electrons. The smallest absolute Gasteiger partial charge is 0.420 e. The van der Waals surface area contributed by atoms with E-state index >= 15 is 0 Å². The first-order valence-corrected chi connectivity index (χ1v) is 5.76. The molecule has 0 saturated heterocycles. The molecular formula is C13H17F3O2. The van der Waals surface area contributed by atoms with E-state index in [0.717, 1.165) is 24.5 Å². The van der Waals surface area contributed by atoms with E-state index in [9.17, 15) is 13.2 Å². The fourth-order valence-electron chi connectivity index (χ4n) is 1.75. The number of ether oxygens (including phenoxy) is 2. The third-order valence-corrected chi connectivity index (χ3v) is 2.71. The van der Waals surface area contributed by atoms with Crippen LogP contribution in [0.15, 0.2) is 12.1 Å². The first kappa shape index (κ1) is 14.7. The highest BCUT2D eigenvalue weighted by atomic mass is 19.4. The maximum absolute atomic E-state index is 12.8. The van der Waals surface area contributed by atoms with E-state index in [2.05, 4.69) is 0 Å². The van der Waals surface area contributed by atoms with Crippen molar-refractivity contribution in [1.82, 2.24) is 0 Å².